The quantitative estimate of drug-likeness (QED) is 0.365. The van der Waals surface area contributed by atoms with E-state index in [0.29, 0.717) is 23.8 Å². The lowest BCUT2D eigenvalue weighted by atomic mass is 10.1. The third-order valence-corrected chi connectivity index (χ3v) is 4.58. The molecule has 3 rings (SSSR count). The third kappa shape index (κ3) is 9.75. The summed E-state index contributed by atoms with van der Waals surface area (Å²) in [6.07, 6.45) is -2.82. The second-order valence-corrected chi connectivity index (χ2v) is 7.40. The lowest BCUT2D eigenvalue weighted by Gasteiger charge is -2.10. The molecule has 1 aromatic heterocycles. The molecule has 0 fully saturated rings. The predicted molar refractivity (Wildman–Crippen MR) is 124 cm³/mol. The van der Waals surface area contributed by atoms with Crippen LogP contribution in [-0.2, 0) is 17.8 Å². The van der Waals surface area contributed by atoms with Crippen molar-refractivity contribution in [1.82, 2.24) is 20.6 Å². The van der Waals surface area contributed by atoms with Crippen LogP contribution >= 0.6 is 24.0 Å². The number of imidazole rings is 1. The molecule has 0 bridgehead atoms. The lowest BCUT2D eigenvalue weighted by molar-refractivity contribution is -0.274. The number of carbonyl (C=O) groups excluding carboxylic acids is 2. The monoisotopic (exact) mass is 532 g/mol. The Morgan fingerprint density at radius 2 is 1.77 bits per heavy atom. The van der Waals surface area contributed by atoms with E-state index in [0.717, 1.165) is 17.7 Å². The zero-order valence-electron chi connectivity index (χ0n) is 18.0. The molecule has 0 unspecified atom stereocenters. The first kappa shape index (κ1) is 27.8. The molecule has 13 heteroatoms. The number of ether oxygens (including phenoxy) is 2. The number of amides is 2. The number of nitrogens with zero attached hydrogens (tertiary/aromatic N) is 1. The van der Waals surface area contributed by atoms with Crippen LogP contribution in [0.1, 0.15) is 21.9 Å². The number of H-pyrrole nitrogens is 1. The van der Waals surface area contributed by atoms with Crippen LogP contribution in [0.25, 0.3) is 0 Å². The average molecular weight is 533 g/mol. The summed E-state index contributed by atoms with van der Waals surface area (Å²) < 4.78 is 45.4. The Morgan fingerprint density at radius 1 is 1.06 bits per heavy atom. The third-order valence-electron chi connectivity index (χ3n) is 4.34. The summed E-state index contributed by atoms with van der Waals surface area (Å²) in [7, 11) is 0. The molecule has 1 heterocycles. The molecule has 0 radical (unpaired) electrons. The second kappa shape index (κ2) is 12.9. The number of halogens is 5. The molecular formula is C22H21Cl2F3N4O4. The maximum Gasteiger partial charge on any atom is 0.573 e. The Morgan fingerprint density at radius 3 is 2.46 bits per heavy atom. The van der Waals surface area contributed by atoms with Gasteiger partial charge in [0.2, 0.25) is 0 Å². The van der Waals surface area contributed by atoms with E-state index in [2.05, 4.69) is 25.3 Å². The van der Waals surface area contributed by atoms with Gasteiger partial charge in [-0.3, -0.25) is 9.59 Å². The van der Waals surface area contributed by atoms with Gasteiger partial charge >= 0.3 is 6.36 Å². The molecule has 8 nitrogen and oxygen atoms in total. The average Bonchev–Trinajstić information content (AvgIpc) is 3.25. The first-order valence-corrected chi connectivity index (χ1v) is 10.4. The van der Waals surface area contributed by atoms with Crippen molar-refractivity contribution in [2.45, 2.75) is 19.3 Å². The maximum atomic E-state index is 12.2. The largest absolute Gasteiger partial charge is 0.573 e. The smallest absolute Gasteiger partial charge is 0.484 e. The van der Waals surface area contributed by atoms with Gasteiger partial charge in [-0.15, -0.1) is 25.6 Å². The van der Waals surface area contributed by atoms with Crippen LogP contribution in [0, 0.1) is 0 Å². The number of aromatic nitrogens is 2. The Balaban J connectivity index is 0.00000432. The number of hydrogen-bond donors (Lipinski definition) is 3. The van der Waals surface area contributed by atoms with Gasteiger partial charge in [0.1, 0.15) is 23.0 Å². The van der Waals surface area contributed by atoms with E-state index < -0.39 is 18.0 Å². The van der Waals surface area contributed by atoms with Crippen LogP contribution in [0.2, 0.25) is 5.02 Å². The normalized spacial score (nSPS) is 10.7. The van der Waals surface area contributed by atoms with E-state index in [1.54, 1.807) is 6.07 Å². The van der Waals surface area contributed by atoms with Crippen LogP contribution in [0.5, 0.6) is 11.5 Å². The molecule has 188 valence electrons. The van der Waals surface area contributed by atoms with Crippen molar-refractivity contribution in [3.63, 3.8) is 0 Å². The summed E-state index contributed by atoms with van der Waals surface area (Å²) in [6, 6.07) is 12.0. The number of carbonyl (C=O) groups is 2. The van der Waals surface area contributed by atoms with Gasteiger partial charge in [-0.1, -0.05) is 23.7 Å². The van der Waals surface area contributed by atoms with E-state index in [1.165, 1.54) is 18.3 Å². The van der Waals surface area contributed by atoms with Crippen LogP contribution < -0.4 is 20.1 Å². The van der Waals surface area contributed by atoms with Crippen molar-refractivity contribution < 1.29 is 32.2 Å². The maximum absolute atomic E-state index is 12.2. The van der Waals surface area contributed by atoms with Gasteiger partial charge in [0.25, 0.3) is 11.8 Å². The molecule has 2 aromatic carbocycles. The predicted octanol–water partition coefficient (Wildman–Crippen LogP) is 4.05. The van der Waals surface area contributed by atoms with Gasteiger partial charge in [-0.05, 0) is 48.4 Å². The molecule has 2 amide bonds. The van der Waals surface area contributed by atoms with Crippen molar-refractivity contribution in [2.75, 3.05) is 13.2 Å². The first-order valence-electron chi connectivity index (χ1n) is 10.00. The Bertz CT molecular complexity index is 1120. The minimum absolute atomic E-state index is 0. The fourth-order valence-electron chi connectivity index (χ4n) is 2.80. The van der Waals surface area contributed by atoms with E-state index in [4.69, 9.17) is 16.3 Å². The Hall–Kier alpha value is -3.44. The van der Waals surface area contributed by atoms with E-state index in [-0.39, 0.29) is 42.9 Å². The Labute approximate surface area is 209 Å². The fourth-order valence-corrected chi connectivity index (χ4v) is 3.01. The van der Waals surface area contributed by atoms with Gasteiger partial charge in [0.15, 0.2) is 6.61 Å². The highest BCUT2D eigenvalue weighted by molar-refractivity contribution is 6.30. The van der Waals surface area contributed by atoms with Gasteiger partial charge < -0.3 is 25.1 Å². The topological polar surface area (TPSA) is 105 Å². The molecule has 0 saturated carbocycles. The van der Waals surface area contributed by atoms with Crippen LogP contribution in [-0.4, -0.2) is 41.3 Å². The zero-order valence-corrected chi connectivity index (χ0v) is 19.6. The van der Waals surface area contributed by atoms with Crippen molar-refractivity contribution in [2.24, 2.45) is 0 Å². The van der Waals surface area contributed by atoms with Crippen LogP contribution in [0.3, 0.4) is 0 Å². The molecule has 0 atom stereocenters. The summed E-state index contributed by atoms with van der Waals surface area (Å²) in [5.74, 6) is -0.666. The highest BCUT2D eigenvalue weighted by Gasteiger charge is 2.31. The number of nitrogens with one attached hydrogen (secondary N) is 3. The number of benzene rings is 2. The highest BCUT2D eigenvalue weighted by atomic mass is 35.5. The van der Waals surface area contributed by atoms with Gasteiger partial charge in [0.05, 0.1) is 12.7 Å². The van der Waals surface area contributed by atoms with Crippen molar-refractivity contribution in [3.8, 4) is 11.5 Å². The molecule has 0 spiro atoms. The number of hydrogen-bond acceptors (Lipinski definition) is 5. The summed E-state index contributed by atoms with van der Waals surface area (Å²) in [4.78, 5) is 31.0. The van der Waals surface area contributed by atoms with E-state index in [9.17, 15) is 22.8 Å². The standard InChI is InChI=1S/C22H20ClF3N4O4.ClH/c23-15-3-1-2-14(10-15)8-9-27-21(32)18-11-28-19(30-18)12-29-20(31)13-33-16-4-6-17(7-5-16)34-22(24,25)26;/h1-7,10-11H,8-9,12-13H2,(H,27,32)(H,28,30)(H,29,31);1H. The minimum atomic E-state index is -4.79. The van der Waals surface area contributed by atoms with Crippen LogP contribution in [0.4, 0.5) is 13.2 Å². The molecule has 3 N–H and O–H groups in total. The number of aromatic amines is 1. The minimum Gasteiger partial charge on any atom is -0.484 e. The molecule has 0 saturated heterocycles. The van der Waals surface area contributed by atoms with E-state index >= 15 is 0 Å². The fraction of sp³-hybridized carbons (Fsp3) is 0.227. The van der Waals surface area contributed by atoms with Crippen LogP contribution in [0.15, 0.2) is 54.7 Å². The number of rotatable bonds is 10. The SMILES string of the molecule is Cl.O=C(COc1ccc(OC(F)(F)F)cc1)NCc1ncc(C(=O)NCCc2cccc(Cl)c2)[nH]1. The van der Waals surface area contributed by atoms with E-state index in [1.807, 2.05) is 18.2 Å². The second-order valence-electron chi connectivity index (χ2n) is 6.96. The van der Waals surface area contributed by atoms with Crippen molar-refractivity contribution >= 4 is 35.8 Å². The summed E-state index contributed by atoms with van der Waals surface area (Å²) in [5, 5.41) is 5.95. The molecular weight excluding hydrogens is 512 g/mol. The molecule has 0 aliphatic carbocycles. The molecule has 0 aliphatic rings. The highest BCUT2D eigenvalue weighted by Crippen LogP contribution is 2.24. The molecule has 3 aromatic rings. The lowest BCUT2D eigenvalue weighted by Crippen LogP contribution is -2.29. The zero-order chi connectivity index (χ0) is 24.6. The summed E-state index contributed by atoms with van der Waals surface area (Å²) >= 11 is 5.94. The van der Waals surface area contributed by atoms with Gasteiger partial charge in [-0.2, -0.15) is 0 Å². The van der Waals surface area contributed by atoms with Gasteiger partial charge in [0, 0.05) is 11.6 Å². The van der Waals surface area contributed by atoms with Gasteiger partial charge in [-0.25, -0.2) is 4.98 Å². The number of alkyl halides is 3. The van der Waals surface area contributed by atoms with Crippen molar-refractivity contribution in [1.29, 1.82) is 0 Å². The summed E-state index contributed by atoms with van der Waals surface area (Å²) in [5.41, 5.74) is 1.24. The van der Waals surface area contributed by atoms with Crippen molar-refractivity contribution in [3.05, 3.63) is 76.8 Å². The first-order chi connectivity index (χ1) is 16.2. The molecule has 0 aliphatic heterocycles. The summed E-state index contributed by atoms with van der Waals surface area (Å²) in [6.45, 7) is 0.0677. The Kier molecular flexibility index (Phi) is 10.2. The molecule has 35 heavy (non-hydrogen) atoms.